The second-order valence-corrected chi connectivity index (χ2v) is 8.96. The van der Waals surface area contributed by atoms with Crippen LogP contribution in [0.2, 0.25) is 0 Å². The summed E-state index contributed by atoms with van der Waals surface area (Å²) in [5, 5.41) is 2.88. The number of halogens is 1. The molecule has 1 atom stereocenters. The van der Waals surface area contributed by atoms with Crippen molar-refractivity contribution in [1.29, 1.82) is 0 Å². The van der Waals surface area contributed by atoms with Crippen LogP contribution in [0.3, 0.4) is 0 Å². The highest BCUT2D eigenvalue weighted by molar-refractivity contribution is 9.10. The number of rotatable bonds is 6. The topological polar surface area (TPSA) is 72.0 Å². The molecule has 7 nitrogen and oxygen atoms in total. The maximum atomic E-state index is 12.8. The molecule has 1 aliphatic heterocycles. The zero-order valence-electron chi connectivity index (χ0n) is 18.2. The zero-order chi connectivity index (χ0) is 22.7. The van der Waals surface area contributed by atoms with Crippen LogP contribution in [-0.2, 0) is 9.59 Å². The SMILES string of the molecule is COc1ccc(C2CC(=O)N(C(=O)C=Cc3cncc(Br)c3)N2C)cc1OC1CCCC1. The lowest BCUT2D eigenvalue weighted by atomic mass is 10.0. The molecule has 4 rings (SSSR count). The van der Waals surface area contributed by atoms with E-state index >= 15 is 0 Å². The number of imide groups is 1. The molecule has 1 saturated carbocycles. The Morgan fingerprint density at radius 3 is 2.69 bits per heavy atom. The molecule has 2 fully saturated rings. The number of hydrazine groups is 1. The van der Waals surface area contributed by atoms with Crippen LogP contribution < -0.4 is 9.47 Å². The molecule has 0 bridgehead atoms. The summed E-state index contributed by atoms with van der Waals surface area (Å²) < 4.78 is 12.5. The molecule has 0 spiro atoms. The Labute approximate surface area is 196 Å². The molecule has 32 heavy (non-hydrogen) atoms. The second-order valence-electron chi connectivity index (χ2n) is 8.04. The average Bonchev–Trinajstić information content (AvgIpc) is 3.39. The molecule has 2 amide bonds. The average molecular weight is 500 g/mol. The Balaban J connectivity index is 1.51. The van der Waals surface area contributed by atoms with Crippen LogP contribution in [0.4, 0.5) is 0 Å². The third-order valence-electron chi connectivity index (χ3n) is 5.89. The van der Waals surface area contributed by atoms with Crippen LogP contribution in [0.1, 0.15) is 49.3 Å². The number of pyridine rings is 1. The molecule has 1 saturated heterocycles. The molecule has 0 N–H and O–H groups in total. The highest BCUT2D eigenvalue weighted by atomic mass is 79.9. The van der Waals surface area contributed by atoms with Crippen LogP contribution in [0, 0.1) is 0 Å². The maximum Gasteiger partial charge on any atom is 0.267 e. The number of carbonyl (C=O) groups is 2. The molecule has 2 heterocycles. The monoisotopic (exact) mass is 499 g/mol. The Morgan fingerprint density at radius 1 is 1.19 bits per heavy atom. The standard InChI is InChI=1S/C24H26BrN3O4/c1-27-20(17-8-9-21(31-2)22(12-17)32-19-5-3-4-6-19)13-24(30)28(27)23(29)10-7-16-11-18(25)15-26-14-16/h7-12,14-15,19-20H,3-6,13H2,1-2H3. The van der Waals surface area contributed by atoms with Gasteiger partial charge < -0.3 is 9.47 Å². The van der Waals surface area contributed by atoms with Crippen molar-refractivity contribution in [2.75, 3.05) is 14.2 Å². The number of nitrogens with zero attached hydrogens (tertiary/aromatic N) is 3. The van der Waals surface area contributed by atoms with Crippen molar-refractivity contribution < 1.29 is 19.1 Å². The molecule has 2 aliphatic rings. The summed E-state index contributed by atoms with van der Waals surface area (Å²) in [6.07, 6.45) is 11.2. The van der Waals surface area contributed by atoms with Gasteiger partial charge in [-0.2, -0.15) is 0 Å². The fraction of sp³-hybridized carbons (Fsp3) is 0.375. The van der Waals surface area contributed by atoms with Crippen molar-refractivity contribution in [3.63, 3.8) is 0 Å². The van der Waals surface area contributed by atoms with Crippen molar-refractivity contribution >= 4 is 33.8 Å². The van der Waals surface area contributed by atoms with E-state index in [-0.39, 0.29) is 24.5 Å². The van der Waals surface area contributed by atoms with E-state index < -0.39 is 5.91 Å². The van der Waals surface area contributed by atoms with Crippen molar-refractivity contribution in [3.05, 3.63) is 58.3 Å². The number of carbonyl (C=O) groups excluding carboxylic acids is 2. The lowest BCUT2D eigenvalue weighted by Crippen LogP contribution is -2.41. The van der Waals surface area contributed by atoms with E-state index in [0.29, 0.717) is 11.5 Å². The minimum atomic E-state index is -0.393. The zero-order valence-corrected chi connectivity index (χ0v) is 19.7. The van der Waals surface area contributed by atoms with Gasteiger partial charge in [-0.05, 0) is 77.0 Å². The molecule has 1 aliphatic carbocycles. The number of methoxy groups -OCH3 is 1. The number of hydrogen-bond acceptors (Lipinski definition) is 6. The summed E-state index contributed by atoms with van der Waals surface area (Å²) in [7, 11) is 3.37. The van der Waals surface area contributed by atoms with E-state index in [1.165, 1.54) is 23.9 Å². The van der Waals surface area contributed by atoms with Gasteiger partial charge in [-0.1, -0.05) is 6.07 Å². The Kier molecular flexibility index (Phi) is 6.91. The third-order valence-corrected chi connectivity index (χ3v) is 6.33. The molecular formula is C24H26BrN3O4. The summed E-state index contributed by atoms with van der Waals surface area (Å²) in [5.74, 6) is 0.722. The van der Waals surface area contributed by atoms with Gasteiger partial charge in [-0.15, -0.1) is 0 Å². The number of aromatic nitrogens is 1. The third kappa shape index (κ3) is 4.86. The summed E-state index contributed by atoms with van der Waals surface area (Å²) in [6, 6.07) is 7.30. The number of hydrogen-bond donors (Lipinski definition) is 0. The van der Waals surface area contributed by atoms with Gasteiger partial charge in [-0.25, -0.2) is 10.0 Å². The van der Waals surface area contributed by atoms with Gasteiger partial charge in [0.25, 0.3) is 5.91 Å². The molecule has 2 aromatic rings. The number of benzene rings is 1. The fourth-order valence-corrected chi connectivity index (χ4v) is 4.63. The van der Waals surface area contributed by atoms with Crippen molar-refractivity contribution in [2.24, 2.45) is 0 Å². The van der Waals surface area contributed by atoms with E-state index in [1.807, 2.05) is 24.3 Å². The Morgan fingerprint density at radius 2 is 1.97 bits per heavy atom. The van der Waals surface area contributed by atoms with Crippen LogP contribution in [0.15, 0.2) is 47.2 Å². The first-order chi connectivity index (χ1) is 15.5. The molecule has 168 valence electrons. The molecule has 1 aromatic heterocycles. The predicted molar refractivity (Wildman–Crippen MR) is 124 cm³/mol. The van der Waals surface area contributed by atoms with Gasteiger partial charge in [0.1, 0.15) is 0 Å². The fourth-order valence-electron chi connectivity index (χ4n) is 4.25. The first-order valence-electron chi connectivity index (χ1n) is 10.7. The first kappa shape index (κ1) is 22.5. The lowest BCUT2D eigenvalue weighted by Gasteiger charge is -2.26. The summed E-state index contributed by atoms with van der Waals surface area (Å²) >= 11 is 3.36. The summed E-state index contributed by atoms with van der Waals surface area (Å²) in [5.41, 5.74) is 1.67. The van der Waals surface area contributed by atoms with E-state index in [1.54, 1.807) is 37.6 Å². The van der Waals surface area contributed by atoms with Gasteiger partial charge in [0, 0.05) is 30.0 Å². The van der Waals surface area contributed by atoms with E-state index in [0.717, 1.165) is 28.4 Å². The molecular weight excluding hydrogens is 474 g/mol. The summed E-state index contributed by atoms with van der Waals surface area (Å²) in [4.78, 5) is 29.6. The van der Waals surface area contributed by atoms with Gasteiger partial charge >= 0.3 is 0 Å². The largest absolute Gasteiger partial charge is 0.493 e. The quantitative estimate of drug-likeness (QED) is 0.543. The molecule has 8 heteroatoms. The van der Waals surface area contributed by atoms with Crippen molar-refractivity contribution in [3.8, 4) is 11.5 Å². The Bertz CT molecular complexity index is 1040. The number of amides is 2. The smallest absolute Gasteiger partial charge is 0.267 e. The van der Waals surface area contributed by atoms with Crippen LogP contribution in [-0.4, -0.2) is 47.1 Å². The molecule has 1 unspecified atom stereocenters. The molecule has 1 aromatic carbocycles. The minimum absolute atomic E-state index is 0.192. The van der Waals surface area contributed by atoms with Crippen molar-refractivity contribution in [1.82, 2.24) is 15.0 Å². The molecule has 0 radical (unpaired) electrons. The van der Waals surface area contributed by atoms with Gasteiger partial charge in [0.05, 0.1) is 25.7 Å². The number of ether oxygens (including phenoxy) is 2. The van der Waals surface area contributed by atoms with Crippen LogP contribution >= 0.6 is 15.9 Å². The maximum absolute atomic E-state index is 12.8. The lowest BCUT2D eigenvalue weighted by molar-refractivity contribution is -0.151. The van der Waals surface area contributed by atoms with Gasteiger partial charge in [0.2, 0.25) is 5.91 Å². The minimum Gasteiger partial charge on any atom is -0.493 e. The van der Waals surface area contributed by atoms with E-state index in [4.69, 9.17) is 9.47 Å². The second kappa shape index (κ2) is 9.83. The van der Waals surface area contributed by atoms with E-state index in [9.17, 15) is 9.59 Å². The Hall–Kier alpha value is -2.71. The van der Waals surface area contributed by atoms with Gasteiger partial charge in [-0.3, -0.25) is 14.6 Å². The van der Waals surface area contributed by atoms with E-state index in [2.05, 4.69) is 20.9 Å². The normalized spacial score (nSPS) is 19.8. The van der Waals surface area contributed by atoms with Gasteiger partial charge in [0.15, 0.2) is 11.5 Å². The van der Waals surface area contributed by atoms with Crippen LogP contribution in [0.25, 0.3) is 6.08 Å². The van der Waals surface area contributed by atoms with Crippen LogP contribution in [0.5, 0.6) is 11.5 Å². The summed E-state index contributed by atoms with van der Waals surface area (Å²) in [6.45, 7) is 0. The highest BCUT2D eigenvalue weighted by Gasteiger charge is 2.39. The first-order valence-corrected chi connectivity index (χ1v) is 11.5. The van der Waals surface area contributed by atoms with Crippen molar-refractivity contribution in [2.45, 2.75) is 44.2 Å². The highest BCUT2D eigenvalue weighted by Crippen LogP contribution is 2.38. The predicted octanol–water partition coefficient (Wildman–Crippen LogP) is 4.53.